The van der Waals surface area contributed by atoms with Crippen molar-refractivity contribution in [3.8, 4) is 0 Å². The van der Waals surface area contributed by atoms with Crippen molar-refractivity contribution in [2.75, 3.05) is 13.2 Å². The summed E-state index contributed by atoms with van der Waals surface area (Å²) in [7, 11) is 0. The van der Waals surface area contributed by atoms with Gasteiger partial charge in [0.05, 0.1) is 0 Å². The molecule has 6 nitrogen and oxygen atoms in total. The van der Waals surface area contributed by atoms with E-state index in [4.69, 9.17) is 14.2 Å². The van der Waals surface area contributed by atoms with Crippen LogP contribution in [0.3, 0.4) is 0 Å². The van der Waals surface area contributed by atoms with Crippen molar-refractivity contribution < 1.29 is 28.6 Å². The van der Waals surface area contributed by atoms with Crippen LogP contribution in [0.25, 0.3) is 0 Å². The zero-order valence-electron chi connectivity index (χ0n) is 49.4. The third kappa shape index (κ3) is 61.8. The highest BCUT2D eigenvalue weighted by Gasteiger charge is 2.19. The van der Waals surface area contributed by atoms with Gasteiger partial charge in [-0.15, -0.1) is 0 Å². The van der Waals surface area contributed by atoms with E-state index in [1.165, 1.54) is 57.8 Å². The Morgan fingerprint density at radius 1 is 0.273 bits per heavy atom. The molecule has 0 aromatic rings. The van der Waals surface area contributed by atoms with E-state index < -0.39 is 6.10 Å². The number of carbonyl (C=O) groups is 3. The van der Waals surface area contributed by atoms with Gasteiger partial charge in [0.25, 0.3) is 0 Å². The van der Waals surface area contributed by atoms with E-state index >= 15 is 0 Å². The van der Waals surface area contributed by atoms with E-state index in [1.54, 1.807) is 0 Å². The number of carbonyl (C=O) groups excluding carboxylic acids is 3. The molecule has 0 aromatic heterocycles. The molecule has 0 spiro atoms. The second kappa shape index (κ2) is 63.6. The van der Waals surface area contributed by atoms with E-state index in [0.29, 0.717) is 19.3 Å². The van der Waals surface area contributed by atoms with Crippen molar-refractivity contribution in [3.63, 3.8) is 0 Å². The molecule has 0 aliphatic rings. The largest absolute Gasteiger partial charge is 0.462 e. The summed E-state index contributed by atoms with van der Waals surface area (Å²) in [6.07, 6.45) is 92.5. The maximum atomic E-state index is 12.9. The van der Waals surface area contributed by atoms with E-state index in [9.17, 15) is 14.4 Å². The van der Waals surface area contributed by atoms with Gasteiger partial charge in [0, 0.05) is 19.3 Å². The number of esters is 3. The van der Waals surface area contributed by atoms with Crippen LogP contribution < -0.4 is 0 Å². The lowest BCUT2D eigenvalue weighted by atomic mass is 10.1. The summed E-state index contributed by atoms with van der Waals surface area (Å²) in [5, 5.41) is 0. The van der Waals surface area contributed by atoms with E-state index in [-0.39, 0.29) is 37.5 Å². The Kier molecular flexibility index (Phi) is 59.5. The average Bonchev–Trinajstić information content (AvgIpc) is 3.43. The van der Waals surface area contributed by atoms with Crippen LogP contribution in [0.2, 0.25) is 0 Å². The summed E-state index contributed by atoms with van der Waals surface area (Å²) in [6, 6.07) is 0. The maximum absolute atomic E-state index is 12.9. The number of hydrogen-bond acceptors (Lipinski definition) is 6. The minimum atomic E-state index is -0.818. The predicted molar refractivity (Wildman–Crippen MR) is 334 cm³/mol. The van der Waals surface area contributed by atoms with E-state index in [1.807, 2.05) is 0 Å². The standard InChI is InChI=1S/C71H112O6/c1-4-7-10-13-16-19-22-25-27-29-30-31-32-33-34-35-36-37-38-39-40-42-43-46-49-52-55-58-61-64-70(73)76-67-68(66-75-69(72)63-60-57-54-51-48-45-24-21-18-15-12-9-6-3)77-71(74)65-62-59-56-53-50-47-44-41-28-26-23-20-17-14-11-8-5-2/h7-8,10-11,16-17,19-21,24-28,30-31,33-34,36-37,39-40,43,46,52,55,68H,4-6,9,12-15,18,22-23,29,32,35,38,41-42,44-45,47-51,53-54,56-67H2,1-3H3/b10-7-,11-8-,19-16-,20-17-,24-21-,27-25-,28-26-,31-30-,34-33-,37-36-,40-39-,46-43-,55-52-. The maximum Gasteiger partial charge on any atom is 0.306 e. The summed E-state index contributed by atoms with van der Waals surface area (Å²) in [5.74, 6) is -0.996. The summed E-state index contributed by atoms with van der Waals surface area (Å²) in [5.41, 5.74) is 0. The lowest BCUT2D eigenvalue weighted by Crippen LogP contribution is -2.30. The van der Waals surface area contributed by atoms with Crippen LogP contribution in [0.5, 0.6) is 0 Å². The topological polar surface area (TPSA) is 78.9 Å². The fourth-order valence-corrected chi connectivity index (χ4v) is 7.92. The second-order valence-corrected chi connectivity index (χ2v) is 19.8. The Balaban J connectivity index is 4.47. The molecule has 0 radical (unpaired) electrons. The van der Waals surface area contributed by atoms with Gasteiger partial charge in [0.2, 0.25) is 0 Å². The zero-order chi connectivity index (χ0) is 55.7. The SMILES string of the molecule is CC/C=C\C/C=C\C/C=C\C/C=C\C/C=C\C/C=C\C/C=C\C/C=C\C/C=C\CCCC(=O)OCC(COC(=O)CCCCCCC/C=C\CCCCCC)OC(=O)CCCCCCCCC/C=C\C/C=C\C/C=C\CC. The highest BCUT2D eigenvalue weighted by molar-refractivity contribution is 5.71. The van der Waals surface area contributed by atoms with Crippen LogP contribution >= 0.6 is 0 Å². The first-order valence-electron chi connectivity index (χ1n) is 31.0. The Morgan fingerprint density at radius 2 is 0.519 bits per heavy atom. The molecule has 1 unspecified atom stereocenters. The monoisotopic (exact) mass is 1060 g/mol. The highest BCUT2D eigenvalue weighted by Crippen LogP contribution is 2.14. The number of hydrogen-bond donors (Lipinski definition) is 0. The molecule has 0 rings (SSSR count). The fraction of sp³-hybridized carbons (Fsp3) is 0.592. The lowest BCUT2D eigenvalue weighted by Gasteiger charge is -2.18. The van der Waals surface area contributed by atoms with Gasteiger partial charge in [0.15, 0.2) is 6.10 Å². The number of unbranched alkanes of at least 4 members (excludes halogenated alkanes) is 17. The van der Waals surface area contributed by atoms with Crippen molar-refractivity contribution in [2.45, 2.75) is 258 Å². The minimum Gasteiger partial charge on any atom is -0.462 e. The molecule has 6 heteroatoms. The van der Waals surface area contributed by atoms with E-state index in [2.05, 4.69) is 179 Å². The van der Waals surface area contributed by atoms with Gasteiger partial charge in [-0.1, -0.05) is 249 Å². The van der Waals surface area contributed by atoms with Gasteiger partial charge >= 0.3 is 17.9 Å². The molecule has 0 aromatic carbocycles. The normalized spacial score (nSPS) is 13.2. The summed E-state index contributed by atoms with van der Waals surface area (Å²) < 4.78 is 16.8. The van der Waals surface area contributed by atoms with Crippen molar-refractivity contribution in [1.82, 2.24) is 0 Å². The van der Waals surface area contributed by atoms with Crippen molar-refractivity contribution in [1.29, 1.82) is 0 Å². The number of ether oxygens (including phenoxy) is 3. The summed E-state index contributed by atoms with van der Waals surface area (Å²) in [4.78, 5) is 38.2. The third-order valence-corrected chi connectivity index (χ3v) is 12.5. The molecule has 0 saturated heterocycles. The Hall–Kier alpha value is -4.97. The van der Waals surface area contributed by atoms with Crippen LogP contribution in [0.4, 0.5) is 0 Å². The number of rotatable bonds is 54. The Morgan fingerprint density at radius 3 is 0.857 bits per heavy atom. The van der Waals surface area contributed by atoms with Crippen molar-refractivity contribution in [2.24, 2.45) is 0 Å². The van der Waals surface area contributed by atoms with Gasteiger partial charge < -0.3 is 14.2 Å². The Labute approximate surface area is 473 Å². The van der Waals surface area contributed by atoms with Gasteiger partial charge in [-0.2, -0.15) is 0 Å². The smallest absolute Gasteiger partial charge is 0.306 e. The molecule has 0 fully saturated rings. The zero-order valence-corrected chi connectivity index (χ0v) is 49.4. The highest BCUT2D eigenvalue weighted by atomic mass is 16.6. The van der Waals surface area contributed by atoms with Gasteiger partial charge in [-0.25, -0.2) is 0 Å². The van der Waals surface area contributed by atoms with E-state index in [0.717, 1.165) is 148 Å². The van der Waals surface area contributed by atoms with Crippen LogP contribution in [-0.2, 0) is 28.6 Å². The first-order chi connectivity index (χ1) is 38.0. The molecular formula is C71H112O6. The Bertz CT molecular complexity index is 1740. The summed E-state index contributed by atoms with van der Waals surface area (Å²) in [6.45, 7) is 6.33. The van der Waals surface area contributed by atoms with Crippen LogP contribution in [0.15, 0.2) is 158 Å². The van der Waals surface area contributed by atoms with Crippen LogP contribution in [0, 0.1) is 0 Å². The second-order valence-electron chi connectivity index (χ2n) is 19.8. The van der Waals surface area contributed by atoms with Gasteiger partial charge in [-0.3, -0.25) is 14.4 Å². The molecule has 77 heavy (non-hydrogen) atoms. The third-order valence-electron chi connectivity index (χ3n) is 12.5. The van der Waals surface area contributed by atoms with Gasteiger partial charge in [0.1, 0.15) is 13.2 Å². The van der Waals surface area contributed by atoms with Crippen LogP contribution in [-0.4, -0.2) is 37.2 Å². The summed E-state index contributed by atoms with van der Waals surface area (Å²) >= 11 is 0. The first kappa shape index (κ1) is 72.0. The fourth-order valence-electron chi connectivity index (χ4n) is 7.92. The molecule has 0 aliphatic carbocycles. The molecule has 0 saturated carbocycles. The molecule has 0 amide bonds. The molecule has 1 atom stereocenters. The quantitative estimate of drug-likeness (QED) is 0.0261. The molecule has 0 aliphatic heterocycles. The molecule has 0 heterocycles. The van der Waals surface area contributed by atoms with Crippen molar-refractivity contribution >= 4 is 17.9 Å². The van der Waals surface area contributed by atoms with Gasteiger partial charge in [-0.05, 0) is 141 Å². The first-order valence-corrected chi connectivity index (χ1v) is 31.0. The molecule has 0 N–H and O–H groups in total. The molecule has 432 valence electrons. The molecule has 0 bridgehead atoms. The average molecular weight is 1060 g/mol. The predicted octanol–water partition coefficient (Wildman–Crippen LogP) is 21.3. The molecular weight excluding hydrogens is 949 g/mol. The lowest BCUT2D eigenvalue weighted by molar-refractivity contribution is -0.167. The van der Waals surface area contributed by atoms with Crippen molar-refractivity contribution in [3.05, 3.63) is 158 Å². The minimum absolute atomic E-state index is 0.110. The number of allylic oxidation sites excluding steroid dienone is 26. The van der Waals surface area contributed by atoms with Crippen LogP contribution in [0.1, 0.15) is 252 Å².